The predicted octanol–water partition coefficient (Wildman–Crippen LogP) is 3.48. The molecule has 0 bridgehead atoms. The minimum Gasteiger partial charge on any atom is -0.344 e. The average Bonchev–Trinajstić information content (AvgIpc) is 3.35. The molecule has 2 heterocycles. The van der Waals surface area contributed by atoms with Crippen LogP contribution in [0.3, 0.4) is 0 Å². The third-order valence-electron chi connectivity index (χ3n) is 5.72. The highest BCUT2D eigenvalue weighted by molar-refractivity contribution is 7.16. The van der Waals surface area contributed by atoms with Crippen LogP contribution in [0.4, 0.5) is 5.13 Å². The van der Waals surface area contributed by atoms with Crippen LogP contribution in [0.25, 0.3) is 5.57 Å². The summed E-state index contributed by atoms with van der Waals surface area (Å²) < 4.78 is 0. The number of hydrogen-bond acceptors (Lipinski definition) is 6. The number of allylic oxidation sites excluding steroid dienone is 4. The van der Waals surface area contributed by atoms with Gasteiger partial charge in [0.2, 0.25) is 5.13 Å². The summed E-state index contributed by atoms with van der Waals surface area (Å²) in [7, 11) is 0. The first-order chi connectivity index (χ1) is 12.2. The SMILES string of the molecule is CC1(C#N)C=CC(c2nnc(N3CCN(C4CCCC4)CC3)s2)=CC1. The fourth-order valence-corrected chi connectivity index (χ4v) is 4.90. The van der Waals surface area contributed by atoms with Crippen LogP contribution in [-0.2, 0) is 0 Å². The molecule has 0 amide bonds. The van der Waals surface area contributed by atoms with Gasteiger partial charge < -0.3 is 4.90 Å². The summed E-state index contributed by atoms with van der Waals surface area (Å²) in [5.74, 6) is 0. The van der Waals surface area contributed by atoms with Gasteiger partial charge in [0, 0.05) is 37.8 Å². The number of hydrogen-bond donors (Lipinski definition) is 0. The number of piperazine rings is 1. The molecule has 2 aliphatic carbocycles. The van der Waals surface area contributed by atoms with E-state index < -0.39 is 0 Å². The monoisotopic (exact) mass is 355 g/mol. The highest BCUT2D eigenvalue weighted by Crippen LogP contribution is 2.35. The lowest BCUT2D eigenvalue weighted by Crippen LogP contribution is -2.49. The molecule has 1 aromatic heterocycles. The fourth-order valence-electron chi connectivity index (χ4n) is 3.98. The Bertz CT molecular complexity index is 716. The van der Waals surface area contributed by atoms with Crippen molar-refractivity contribution in [3.05, 3.63) is 23.2 Å². The van der Waals surface area contributed by atoms with Crippen LogP contribution in [0.1, 0.15) is 44.0 Å². The van der Waals surface area contributed by atoms with Crippen molar-refractivity contribution >= 4 is 22.0 Å². The molecule has 1 atom stereocenters. The number of anilines is 1. The second-order valence-electron chi connectivity index (χ2n) is 7.58. The molecule has 0 aromatic carbocycles. The van der Waals surface area contributed by atoms with Crippen molar-refractivity contribution in [2.75, 3.05) is 31.1 Å². The van der Waals surface area contributed by atoms with E-state index in [0.29, 0.717) is 0 Å². The molecule has 2 fully saturated rings. The van der Waals surface area contributed by atoms with E-state index in [2.05, 4.69) is 32.1 Å². The van der Waals surface area contributed by atoms with Crippen molar-refractivity contribution < 1.29 is 0 Å². The standard InChI is InChI=1S/C19H25N5S/c1-19(14-20)8-6-15(7-9-19)17-21-22-18(25-17)24-12-10-23(11-13-24)16-4-2-3-5-16/h6-8,16H,2-5,9-13H2,1H3. The molecule has 1 saturated heterocycles. The van der Waals surface area contributed by atoms with Gasteiger partial charge >= 0.3 is 0 Å². The van der Waals surface area contributed by atoms with Crippen molar-refractivity contribution in [3.63, 3.8) is 0 Å². The van der Waals surface area contributed by atoms with Gasteiger partial charge in [0.25, 0.3) is 0 Å². The zero-order valence-corrected chi connectivity index (χ0v) is 15.6. The van der Waals surface area contributed by atoms with Gasteiger partial charge in [-0.25, -0.2) is 0 Å². The van der Waals surface area contributed by atoms with Crippen molar-refractivity contribution in [2.24, 2.45) is 5.41 Å². The molecule has 132 valence electrons. The quantitative estimate of drug-likeness (QED) is 0.831. The highest BCUT2D eigenvalue weighted by atomic mass is 32.1. The Morgan fingerprint density at radius 1 is 1.20 bits per heavy atom. The molecule has 5 nitrogen and oxygen atoms in total. The van der Waals surface area contributed by atoms with Crippen LogP contribution in [0.2, 0.25) is 0 Å². The number of nitriles is 1. The molecule has 1 unspecified atom stereocenters. The second kappa shape index (κ2) is 6.89. The topological polar surface area (TPSA) is 56.1 Å². The highest BCUT2D eigenvalue weighted by Gasteiger charge is 2.28. The smallest absolute Gasteiger partial charge is 0.208 e. The summed E-state index contributed by atoms with van der Waals surface area (Å²) in [5, 5.41) is 20.0. The van der Waals surface area contributed by atoms with Crippen LogP contribution in [0, 0.1) is 16.7 Å². The van der Waals surface area contributed by atoms with Crippen LogP contribution >= 0.6 is 11.3 Å². The van der Waals surface area contributed by atoms with Crippen molar-refractivity contribution in [1.29, 1.82) is 5.26 Å². The summed E-state index contributed by atoms with van der Waals surface area (Å²) >= 11 is 1.67. The Kier molecular flexibility index (Phi) is 4.61. The maximum atomic E-state index is 9.21. The van der Waals surface area contributed by atoms with E-state index in [0.717, 1.165) is 54.4 Å². The molecule has 1 aromatic rings. The van der Waals surface area contributed by atoms with E-state index in [4.69, 9.17) is 0 Å². The summed E-state index contributed by atoms with van der Waals surface area (Å²) in [5.41, 5.74) is 0.717. The molecule has 0 N–H and O–H groups in total. The van der Waals surface area contributed by atoms with Crippen LogP contribution < -0.4 is 4.90 Å². The lowest BCUT2D eigenvalue weighted by atomic mass is 9.84. The molecular formula is C19H25N5S. The Balaban J connectivity index is 1.38. The van der Waals surface area contributed by atoms with Crippen LogP contribution in [0.15, 0.2) is 18.2 Å². The largest absolute Gasteiger partial charge is 0.344 e. The third-order valence-corrected chi connectivity index (χ3v) is 6.75. The Morgan fingerprint density at radius 3 is 2.60 bits per heavy atom. The molecule has 1 saturated carbocycles. The Labute approximate surface area is 153 Å². The van der Waals surface area contributed by atoms with Gasteiger partial charge in [-0.05, 0) is 26.2 Å². The van der Waals surface area contributed by atoms with E-state index in [1.165, 1.54) is 25.7 Å². The van der Waals surface area contributed by atoms with E-state index in [-0.39, 0.29) is 5.41 Å². The summed E-state index contributed by atoms with van der Waals surface area (Å²) in [4.78, 5) is 5.04. The van der Waals surface area contributed by atoms with Gasteiger partial charge in [-0.1, -0.05) is 42.4 Å². The van der Waals surface area contributed by atoms with Gasteiger partial charge in [0.15, 0.2) is 0 Å². The van der Waals surface area contributed by atoms with Gasteiger partial charge in [-0.2, -0.15) is 5.26 Å². The van der Waals surface area contributed by atoms with Gasteiger partial charge in [-0.3, -0.25) is 4.90 Å². The number of rotatable bonds is 3. The molecule has 0 radical (unpaired) electrons. The first-order valence-corrected chi connectivity index (χ1v) is 10.1. The maximum Gasteiger partial charge on any atom is 0.208 e. The van der Waals surface area contributed by atoms with E-state index in [1.54, 1.807) is 11.3 Å². The lowest BCUT2D eigenvalue weighted by molar-refractivity contribution is 0.187. The number of aromatic nitrogens is 2. The summed E-state index contributed by atoms with van der Waals surface area (Å²) in [6, 6.07) is 3.18. The normalized spacial score (nSPS) is 28.2. The third kappa shape index (κ3) is 3.49. The van der Waals surface area contributed by atoms with Gasteiger partial charge in [-0.15, -0.1) is 10.2 Å². The zero-order valence-electron chi connectivity index (χ0n) is 14.8. The molecule has 6 heteroatoms. The van der Waals surface area contributed by atoms with Gasteiger partial charge in [0.05, 0.1) is 11.5 Å². The van der Waals surface area contributed by atoms with Crippen molar-refractivity contribution in [2.45, 2.75) is 45.1 Å². The molecule has 4 rings (SSSR count). The van der Waals surface area contributed by atoms with Crippen LogP contribution in [-0.4, -0.2) is 47.3 Å². The van der Waals surface area contributed by atoms with Crippen molar-refractivity contribution in [1.82, 2.24) is 15.1 Å². The average molecular weight is 356 g/mol. The van der Waals surface area contributed by atoms with E-state index in [9.17, 15) is 5.26 Å². The second-order valence-corrected chi connectivity index (χ2v) is 8.53. The molecule has 25 heavy (non-hydrogen) atoms. The summed E-state index contributed by atoms with van der Waals surface area (Å²) in [6.07, 6.45) is 12.4. The predicted molar refractivity (Wildman–Crippen MR) is 101 cm³/mol. The van der Waals surface area contributed by atoms with E-state index >= 15 is 0 Å². The lowest BCUT2D eigenvalue weighted by Gasteiger charge is -2.37. The fraction of sp³-hybridized carbons (Fsp3) is 0.632. The zero-order chi connectivity index (χ0) is 17.3. The minimum absolute atomic E-state index is 0.381. The minimum atomic E-state index is -0.381. The Morgan fingerprint density at radius 2 is 1.96 bits per heavy atom. The van der Waals surface area contributed by atoms with E-state index in [1.807, 2.05) is 19.1 Å². The summed E-state index contributed by atoms with van der Waals surface area (Å²) in [6.45, 7) is 6.34. The molecule has 3 aliphatic rings. The van der Waals surface area contributed by atoms with Crippen LogP contribution in [0.5, 0.6) is 0 Å². The van der Waals surface area contributed by atoms with Crippen molar-refractivity contribution in [3.8, 4) is 6.07 Å². The molecule has 0 spiro atoms. The van der Waals surface area contributed by atoms with Gasteiger partial charge in [0.1, 0.15) is 5.01 Å². The molecular weight excluding hydrogens is 330 g/mol. The number of nitrogens with zero attached hydrogens (tertiary/aromatic N) is 5. The maximum absolute atomic E-state index is 9.21. The first-order valence-electron chi connectivity index (χ1n) is 9.30. The Hall–Kier alpha value is -1.71. The first kappa shape index (κ1) is 16.7. The molecule has 1 aliphatic heterocycles.